The lowest BCUT2D eigenvalue weighted by Gasteiger charge is -2.50. The number of hydrogen-bond acceptors (Lipinski definition) is 4. The number of ether oxygens (including phenoxy) is 2. The van der Waals surface area contributed by atoms with E-state index in [1.807, 2.05) is 24.3 Å². The average molecular weight is 460 g/mol. The lowest BCUT2D eigenvalue weighted by molar-refractivity contribution is -0.887. The van der Waals surface area contributed by atoms with E-state index in [1.165, 1.54) is 5.56 Å². The Labute approximate surface area is 193 Å². The summed E-state index contributed by atoms with van der Waals surface area (Å²) < 4.78 is 11.8. The normalized spacial score (nSPS) is 24.2. The van der Waals surface area contributed by atoms with Crippen molar-refractivity contribution in [3.05, 3.63) is 63.3 Å². The molecule has 0 atom stereocenters. The van der Waals surface area contributed by atoms with Crippen LogP contribution in [-0.2, 0) is 23.2 Å². The molecule has 1 spiro atoms. The molecular weight excluding hydrogens is 430 g/mol. The van der Waals surface area contributed by atoms with Crippen molar-refractivity contribution in [2.24, 2.45) is 0 Å². The Morgan fingerprint density at radius 1 is 1.28 bits per heavy atom. The second-order valence-corrected chi connectivity index (χ2v) is 9.38. The van der Waals surface area contributed by atoms with E-state index >= 15 is 0 Å². The fourth-order valence-electron chi connectivity index (χ4n) is 4.92. The second-order valence-electron chi connectivity index (χ2n) is 8.97. The summed E-state index contributed by atoms with van der Waals surface area (Å²) in [6, 6.07) is 11.9. The van der Waals surface area contributed by atoms with Crippen LogP contribution < -0.4 is 9.47 Å². The molecule has 0 aromatic heterocycles. The molecule has 0 bridgehead atoms. The average Bonchev–Trinajstić information content (AvgIpc) is 3.12. The SMILES string of the molecule is CCc1cccc(Cl)c1COc1ccc2c(c1)OCC21CC[N+]([O-])(CCCC(=O)O)CC1. The van der Waals surface area contributed by atoms with E-state index in [0.717, 1.165) is 41.9 Å². The van der Waals surface area contributed by atoms with Gasteiger partial charge in [0.1, 0.15) is 18.1 Å². The van der Waals surface area contributed by atoms with Crippen LogP contribution in [0.25, 0.3) is 0 Å². The molecule has 1 saturated heterocycles. The molecule has 2 heterocycles. The molecule has 0 amide bonds. The predicted molar refractivity (Wildman–Crippen MR) is 123 cm³/mol. The quantitative estimate of drug-likeness (QED) is 0.439. The molecule has 0 radical (unpaired) electrons. The standard InChI is InChI=1S/C25H30ClNO5/c1-2-18-5-3-6-22(26)20(18)16-31-19-8-9-21-23(15-19)32-17-25(21)10-13-27(30,14-11-25)12-4-7-24(28)29/h3,5-6,8-9,15H,2,4,7,10-14,16-17H2,1H3,(H,28,29). The van der Waals surface area contributed by atoms with Crippen molar-refractivity contribution in [2.45, 2.75) is 51.0 Å². The summed E-state index contributed by atoms with van der Waals surface area (Å²) >= 11 is 6.37. The second kappa shape index (κ2) is 9.30. The maximum absolute atomic E-state index is 13.0. The van der Waals surface area contributed by atoms with E-state index in [-0.39, 0.29) is 16.5 Å². The Bertz CT molecular complexity index is 984. The van der Waals surface area contributed by atoms with Crippen LogP contribution in [0, 0.1) is 5.21 Å². The zero-order chi connectivity index (χ0) is 22.8. The van der Waals surface area contributed by atoms with Gasteiger partial charge < -0.3 is 24.4 Å². The fraction of sp³-hybridized carbons (Fsp3) is 0.480. The maximum Gasteiger partial charge on any atom is 0.303 e. The number of likely N-dealkylation sites (tertiary alicyclic amines) is 1. The van der Waals surface area contributed by atoms with Gasteiger partial charge in [-0.3, -0.25) is 4.79 Å². The molecule has 0 saturated carbocycles. The Kier molecular flexibility index (Phi) is 6.65. The zero-order valence-corrected chi connectivity index (χ0v) is 19.2. The van der Waals surface area contributed by atoms with Gasteiger partial charge in [0.15, 0.2) is 0 Å². The predicted octanol–water partition coefficient (Wildman–Crippen LogP) is 5.08. The minimum absolute atomic E-state index is 0.0516. The minimum Gasteiger partial charge on any atom is -0.633 e. The number of nitrogens with zero attached hydrogens (tertiary/aromatic N) is 1. The first kappa shape index (κ1) is 22.9. The summed E-state index contributed by atoms with van der Waals surface area (Å²) in [5.74, 6) is 0.719. The molecule has 2 aliphatic heterocycles. The van der Waals surface area contributed by atoms with E-state index < -0.39 is 5.97 Å². The number of rotatable bonds is 8. The summed E-state index contributed by atoms with van der Waals surface area (Å²) in [6.07, 6.45) is 2.86. The van der Waals surface area contributed by atoms with Crippen LogP contribution in [-0.4, -0.2) is 42.0 Å². The van der Waals surface area contributed by atoms with E-state index in [4.69, 9.17) is 26.2 Å². The number of aliphatic carboxylic acids is 1. The first-order valence-corrected chi connectivity index (χ1v) is 11.7. The zero-order valence-electron chi connectivity index (χ0n) is 18.4. The number of hydrogen-bond donors (Lipinski definition) is 1. The Balaban J connectivity index is 1.41. The molecule has 1 N–H and O–H groups in total. The number of halogens is 1. The first-order chi connectivity index (χ1) is 15.3. The van der Waals surface area contributed by atoms with Crippen molar-refractivity contribution in [2.75, 3.05) is 26.2 Å². The smallest absolute Gasteiger partial charge is 0.303 e. The van der Waals surface area contributed by atoms with E-state index in [2.05, 4.69) is 19.1 Å². The van der Waals surface area contributed by atoms with Crippen molar-refractivity contribution < 1.29 is 24.0 Å². The summed E-state index contributed by atoms with van der Waals surface area (Å²) in [4.78, 5) is 10.7. The number of carboxylic acid groups (broad SMARTS) is 1. The highest BCUT2D eigenvalue weighted by Gasteiger charge is 2.46. The van der Waals surface area contributed by atoms with Gasteiger partial charge in [-0.25, -0.2) is 0 Å². The van der Waals surface area contributed by atoms with Crippen molar-refractivity contribution in [3.8, 4) is 11.5 Å². The van der Waals surface area contributed by atoms with Crippen LogP contribution in [0.2, 0.25) is 5.02 Å². The number of quaternary nitrogens is 1. The maximum atomic E-state index is 13.0. The highest BCUT2D eigenvalue weighted by molar-refractivity contribution is 6.31. The summed E-state index contributed by atoms with van der Waals surface area (Å²) in [5.41, 5.74) is 3.20. The van der Waals surface area contributed by atoms with Gasteiger partial charge >= 0.3 is 5.97 Å². The van der Waals surface area contributed by atoms with Crippen LogP contribution in [0.4, 0.5) is 0 Å². The van der Waals surface area contributed by atoms with Crippen LogP contribution in [0.3, 0.4) is 0 Å². The van der Waals surface area contributed by atoms with Crippen molar-refractivity contribution in [1.29, 1.82) is 0 Å². The largest absolute Gasteiger partial charge is 0.633 e. The Morgan fingerprint density at radius 3 is 2.78 bits per heavy atom. The number of carbonyl (C=O) groups is 1. The molecule has 4 rings (SSSR count). The lowest BCUT2D eigenvalue weighted by Crippen LogP contribution is -2.53. The number of aryl methyl sites for hydroxylation is 1. The summed E-state index contributed by atoms with van der Waals surface area (Å²) in [7, 11) is 0. The number of benzene rings is 2. The van der Waals surface area contributed by atoms with Gasteiger partial charge in [0, 0.05) is 46.9 Å². The van der Waals surface area contributed by atoms with Crippen LogP contribution >= 0.6 is 11.6 Å². The van der Waals surface area contributed by atoms with Gasteiger partial charge in [-0.1, -0.05) is 36.7 Å². The monoisotopic (exact) mass is 459 g/mol. The Morgan fingerprint density at radius 2 is 2.06 bits per heavy atom. The third-order valence-electron chi connectivity index (χ3n) is 6.96. The first-order valence-electron chi connectivity index (χ1n) is 11.3. The van der Waals surface area contributed by atoms with Gasteiger partial charge in [-0.05, 0) is 24.1 Å². The molecule has 2 aromatic rings. The summed E-state index contributed by atoms with van der Waals surface area (Å²) in [6.45, 7) is 4.43. The molecule has 0 unspecified atom stereocenters. The molecule has 7 heteroatoms. The van der Waals surface area contributed by atoms with Crippen molar-refractivity contribution in [1.82, 2.24) is 0 Å². The number of carboxylic acids is 1. The lowest BCUT2D eigenvalue weighted by atomic mass is 9.74. The molecule has 0 aliphatic carbocycles. The number of piperidine rings is 1. The highest BCUT2D eigenvalue weighted by Crippen LogP contribution is 2.47. The highest BCUT2D eigenvalue weighted by atomic mass is 35.5. The fourth-order valence-corrected chi connectivity index (χ4v) is 5.17. The van der Waals surface area contributed by atoms with Crippen LogP contribution in [0.5, 0.6) is 11.5 Å². The third kappa shape index (κ3) is 4.72. The molecule has 1 fully saturated rings. The van der Waals surface area contributed by atoms with Gasteiger partial charge in [0.25, 0.3) is 0 Å². The molecule has 32 heavy (non-hydrogen) atoms. The van der Waals surface area contributed by atoms with Gasteiger partial charge in [-0.15, -0.1) is 0 Å². The number of fused-ring (bicyclic) bond motifs is 2. The van der Waals surface area contributed by atoms with Gasteiger partial charge in [0.05, 0.1) is 32.7 Å². The van der Waals surface area contributed by atoms with Crippen molar-refractivity contribution in [3.63, 3.8) is 0 Å². The molecule has 2 aromatic carbocycles. The molecule has 6 nitrogen and oxygen atoms in total. The van der Waals surface area contributed by atoms with Gasteiger partial charge in [0.2, 0.25) is 0 Å². The number of hydroxylamine groups is 3. The minimum atomic E-state index is -0.846. The van der Waals surface area contributed by atoms with E-state index in [9.17, 15) is 10.0 Å². The topological polar surface area (TPSA) is 78.8 Å². The Hall–Kier alpha value is -2.28. The van der Waals surface area contributed by atoms with Gasteiger partial charge in [-0.2, -0.15) is 0 Å². The van der Waals surface area contributed by atoms with E-state index in [1.54, 1.807) is 0 Å². The third-order valence-corrected chi connectivity index (χ3v) is 7.31. The van der Waals surface area contributed by atoms with Crippen LogP contribution in [0.1, 0.15) is 49.3 Å². The van der Waals surface area contributed by atoms with E-state index in [0.29, 0.717) is 44.3 Å². The van der Waals surface area contributed by atoms with Crippen molar-refractivity contribution >= 4 is 17.6 Å². The van der Waals surface area contributed by atoms with Crippen LogP contribution in [0.15, 0.2) is 36.4 Å². The molecule has 172 valence electrons. The molecular formula is C25H30ClNO5. The summed E-state index contributed by atoms with van der Waals surface area (Å²) in [5, 5.41) is 22.5. The molecule has 2 aliphatic rings.